The topological polar surface area (TPSA) is 47.3 Å². The Bertz CT molecular complexity index is 900. The third-order valence-electron chi connectivity index (χ3n) is 4.62. The monoisotopic (exact) mass is 404 g/mol. The van der Waals surface area contributed by atoms with E-state index in [9.17, 15) is 9.59 Å². The van der Waals surface area contributed by atoms with Crippen molar-refractivity contribution in [3.8, 4) is 0 Å². The van der Waals surface area contributed by atoms with E-state index < -0.39 is 0 Å². The number of carbonyl (C=O) groups is 2. The van der Waals surface area contributed by atoms with Crippen LogP contribution in [0.25, 0.3) is 0 Å². The quantitative estimate of drug-likeness (QED) is 0.472. The summed E-state index contributed by atoms with van der Waals surface area (Å²) in [6, 6.07) is 7.46. The molecule has 26 heavy (non-hydrogen) atoms. The van der Waals surface area contributed by atoms with Crippen molar-refractivity contribution in [1.82, 2.24) is 0 Å². The van der Waals surface area contributed by atoms with Crippen molar-refractivity contribution < 1.29 is 14.0 Å². The summed E-state index contributed by atoms with van der Waals surface area (Å²) in [6.07, 6.45) is 4.45. The molecule has 4 rings (SSSR count). The van der Waals surface area contributed by atoms with Gasteiger partial charge < -0.3 is 4.42 Å². The van der Waals surface area contributed by atoms with Crippen LogP contribution in [-0.4, -0.2) is 17.3 Å². The highest BCUT2D eigenvalue weighted by molar-refractivity contribution is 8.02. The fraction of sp³-hybridized carbons (Fsp3) is 0.300. The zero-order valence-electron chi connectivity index (χ0n) is 14.0. The predicted molar refractivity (Wildman–Crippen MR) is 106 cm³/mol. The molecule has 0 radical (unpaired) electrons. The van der Waals surface area contributed by atoms with E-state index in [1.165, 1.54) is 11.8 Å². The van der Waals surface area contributed by atoms with Crippen LogP contribution in [0.1, 0.15) is 40.9 Å². The number of rotatable bonds is 5. The zero-order chi connectivity index (χ0) is 18.1. The number of Topliss-reactive ketones (excluding diaryl/α,β-unsaturated/α-hetero) is 2. The van der Waals surface area contributed by atoms with Crippen molar-refractivity contribution in [3.05, 3.63) is 62.9 Å². The molecule has 0 fully saturated rings. The maximum absolute atomic E-state index is 13.2. The molecule has 1 aliphatic heterocycles. The van der Waals surface area contributed by atoms with E-state index in [4.69, 9.17) is 16.0 Å². The molecule has 2 heterocycles. The Balaban J connectivity index is 1.67. The summed E-state index contributed by atoms with van der Waals surface area (Å²) in [5.74, 6) is 2.12. The second kappa shape index (κ2) is 7.67. The van der Waals surface area contributed by atoms with Crippen molar-refractivity contribution in [2.45, 2.75) is 36.3 Å². The molecule has 0 N–H and O–H groups in total. The van der Waals surface area contributed by atoms with E-state index in [2.05, 4.69) is 0 Å². The van der Waals surface area contributed by atoms with Gasteiger partial charge in [0.25, 0.3) is 0 Å². The number of carbonyl (C=O) groups excluding carboxylic acids is 2. The van der Waals surface area contributed by atoms with E-state index in [0.29, 0.717) is 28.3 Å². The molecule has 0 atom stereocenters. The third kappa shape index (κ3) is 3.40. The first-order valence-corrected chi connectivity index (χ1v) is 10.9. The Hall–Kier alpha value is -1.43. The second-order valence-corrected chi connectivity index (χ2v) is 8.86. The van der Waals surface area contributed by atoms with Gasteiger partial charge in [0.05, 0.1) is 22.6 Å². The number of hydrogen-bond donors (Lipinski definition) is 0. The van der Waals surface area contributed by atoms with Crippen LogP contribution in [0.2, 0.25) is 5.02 Å². The smallest absolute Gasteiger partial charge is 0.198 e. The Kier molecular flexibility index (Phi) is 5.30. The van der Waals surface area contributed by atoms with Crippen molar-refractivity contribution in [2.75, 3.05) is 5.75 Å². The fourth-order valence-electron chi connectivity index (χ4n) is 3.31. The van der Waals surface area contributed by atoms with Gasteiger partial charge in [0, 0.05) is 27.5 Å². The van der Waals surface area contributed by atoms with Crippen molar-refractivity contribution in [3.63, 3.8) is 0 Å². The van der Waals surface area contributed by atoms with Crippen LogP contribution in [0, 0.1) is 0 Å². The highest BCUT2D eigenvalue weighted by Crippen LogP contribution is 2.40. The number of furan rings is 1. The van der Waals surface area contributed by atoms with Crippen molar-refractivity contribution in [1.29, 1.82) is 0 Å². The van der Waals surface area contributed by atoms with E-state index >= 15 is 0 Å². The molecular weight excluding hydrogens is 388 g/mol. The van der Waals surface area contributed by atoms with Crippen LogP contribution in [0.4, 0.5) is 0 Å². The SMILES string of the molecule is O=C1CCCC(SCc2ccco2)=C1C(=O)c1ccc2c(c1Cl)CCS2. The lowest BCUT2D eigenvalue weighted by atomic mass is 9.91. The lowest BCUT2D eigenvalue weighted by Gasteiger charge is -2.19. The van der Waals surface area contributed by atoms with Gasteiger partial charge in [-0.15, -0.1) is 23.5 Å². The number of hydrogen-bond acceptors (Lipinski definition) is 5. The fourth-order valence-corrected chi connectivity index (χ4v) is 5.90. The van der Waals surface area contributed by atoms with Gasteiger partial charge in [-0.1, -0.05) is 11.6 Å². The first-order valence-electron chi connectivity index (χ1n) is 8.55. The average Bonchev–Trinajstić information content (AvgIpc) is 3.31. The number of ketones is 2. The van der Waals surface area contributed by atoms with Crippen molar-refractivity contribution >= 4 is 46.7 Å². The van der Waals surface area contributed by atoms with Gasteiger partial charge in [-0.05, 0) is 49.1 Å². The lowest BCUT2D eigenvalue weighted by Crippen LogP contribution is -2.19. The summed E-state index contributed by atoms with van der Waals surface area (Å²) in [4.78, 5) is 27.8. The maximum Gasteiger partial charge on any atom is 0.198 e. The minimum atomic E-state index is -0.235. The molecular formula is C20H17ClO3S2. The molecule has 3 nitrogen and oxygen atoms in total. The van der Waals surface area contributed by atoms with Gasteiger partial charge in [0.2, 0.25) is 0 Å². The molecule has 0 spiro atoms. The third-order valence-corrected chi connectivity index (χ3v) is 7.33. The summed E-state index contributed by atoms with van der Waals surface area (Å²) >= 11 is 9.81. The first kappa shape index (κ1) is 18.0. The van der Waals surface area contributed by atoms with E-state index in [1.54, 1.807) is 24.1 Å². The summed E-state index contributed by atoms with van der Waals surface area (Å²) in [6.45, 7) is 0. The average molecular weight is 405 g/mol. The zero-order valence-corrected chi connectivity index (χ0v) is 16.4. The standard InChI is InChI=1S/C20H17ClO3S2/c21-19-13-8-10-25-16(13)7-6-14(19)20(23)18-15(22)4-1-5-17(18)26-11-12-3-2-9-24-12/h2-3,6-7,9H,1,4-5,8,10-11H2. The van der Waals surface area contributed by atoms with Crippen LogP contribution in [0.5, 0.6) is 0 Å². The first-order chi connectivity index (χ1) is 12.6. The molecule has 0 unspecified atom stereocenters. The van der Waals surface area contributed by atoms with E-state index in [1.807, 2.05) is 18.2 Å². The number of halogens is 1. The highest BCUT2D eigenvalue weighted by Gasteiger charge is 2.30. The Morgan fingerprint density at radius 1 is 1.23 bits per heavy atom. The minimum Gasteiger partial charge on any atom is -0.468 e. The molecule has 2 aliphatic rings. The van der Waals surface area contributed by atoms with Crippen LogP contribution in [0.3, 0.4) is 0 Å². The Labute approximate surface area is 165 Å². The number of thioether (sulfide) groups is 2. The van der Waals surface area contributed by atoms with Crippen molar-refractivity contribution in [2.24, 2.45) is 0 Å². The van der Waals surface area contributed by atoms with Crippen LogP contribution in [-0.2, 0) is 17.0 Å². The molecule has 0 amide bonds. The predicted octanol–water partition coefficient (Wildman–Crippen LogP) is 5.70. The summed E-state index contributed by atoms with van der Waals surface area (Å²) < 4.78 is 5.36. The van der Waals surface area contributed by atoms with Gasteiger partial charge in [0.15, 0.2) is 11.6 Å². The van der Waals surface area contributed by atoms with Crippen LogP contribution < -0.4 is 0 Å². The molecule has 0 bridgehead atoms. The summed E-state index contributed by atoms with van der Waals surface area (Å²) in [7, 11) is 0. The second-order valence-electron chi connectivity index (χ2n) is 6.27. The lowest BCUT2D eigenvalue weighted by molar-refractivity contribution is -0.115. The number of fused-ring (bicyclic) bond motifs is 1. The maximum atomic E-state index is 13.2. The van der Waals surface area contributed by atoms with Gasteiger partial charge in [-0.3, -0.25) is 9.59 Å². The molecule has 1 aromatic heterocycles. The molecule has 1 aliphatic carbocycles. The van der Waals surface area contributed by atoms with Crippen LogP contribution in [0.15, 0.2) is 50.3 Å². The van der Waals surface area contributed by atoms with Crippen LogP contribution >= 0.6 is 35.1 Å². The van der Waals surface area contributed by atoms with Gasteiger partial charge in [-0.25, -0.2) is 0 Å². The Morgan fingerprint density at radius 3 is 2.92 bits per heavy atom. The molecule has 2 aromatic rings. The van der Waals surface area contributed by atoms with Gasteiger partial charge in [0.1, 0.15) is 5.76 Å². The molecule has 1 aromatic carbocycles. The van der Waals surface area contributed by atoms with E-state index in [-0.39, 0.29) is 11.6 Å². The minimum absolute atomic E-state index is 0.0749. The normalized spacial score (nSPS) is 16.9. The van der Waals surface area contributed by atoms with E-state index in [0.717, 1.165) is 46.1 Å². The summed E-state index contributed by atoms with van der Waals surface area (Å²) in [5.41, 5.74) is 1.81. The molecule has 134 valence electrons. The Morgan fingerprint density at radius 2 is 2.12 bits per heavy atom. The largest absolute Gasteiger partial charge is 0.468 e. The molecule has 0 saturated carbocycles. The van der Waals surface area contributed by atoms with Gasteiger partial charge >= 0.3 is 0 Å². The molecule has 6 heteroatoms. The van der Waals surface area contributed by atoms with Gasteiger partial charge in [-0.2, -0.15) is 0 Å². The molecule has 0 saturated heterocycles. The number of benzene rings is 1. The highest BCUT2D eigenvalue weighted by atomic mass is 35.5. The number of allylic oxidation sites excluding steroid dienone is 2. The summed E-state index contributed by atoms with van der Waals surface area (Å²) in [5, 5.41) is 0.513.